The summed E-state index contributed by atoms with van der Waals surface area (Å²) in [5.74, 6) is 0.410. The minimum atomic E-state index is -4.01. The van der Waals surface area contributed by atoms with E-state index in [1.807, 2.05) is 7.05 Å². The van der Waals surface area contributed by atoms with Crippen molar-refractivity contribution in [1.82, 2.24) is 4.90 Å². The van der Waals surface area contributed by atoms with Gasteiger partial charge in [0.1, 0.15) is 25.4 Å². The van der Waals surface area contributed by atoms with Crippen LogP contribution in [0.15, 0.2) is 23.1 Å². The molecule has 0 amide bonds. The smallest absolute Gasteiger partial charge is 0.265 e. The van der Waals surface area contributed by atoms with Gasteiger partial charge >= 0.3 is 0 Å². The lowest BCUT2D eigenvalue weighted by atomic mass is 10.3. The summed E-state index contributed by atoms with van der Waals surface area (Å²) < 4.78 is 33.7. The Morgan fingerprint density at radius 3 is 2.54 bits per heavy atom. The SMILES string of the molecule is CN1CC[C@@H](Oc2cc(NS(=O)(=O)c3c(Cl)sc(Cl)c3Cl)ccc2Cl)C1. The standard InChI is InChI=1S/C15H14Cl4N2O3S2/c1-21-5-4-9(7-21)24-11-6-8(2-3-10(11)16)20-26(22,23)13-12(17)14(18)25-15(13)19/h2-3,6,9,20H,4-5,7H2,1H3/t9-/m1/s1. The van der Waals surface area contributed by atoms with Crippen LogP contribution in [0.5, 0.6) is 5.75 Å². The fourth-order valence-electron chi connectivity index (χ4n) is 2.60. The van der Waals surface area contributed by atoms with Crippen molar-refractivity contribution in [3.63, 3.8) is 0 Å². The van der Waals surface area contributed by atoms with E-state index in [1.54, 1.807) is 6.07 Å². The monoisotopic (exact) mass is 474 g/mol. The maximum atomic E-state index is 12.6. The van der Waals surface area contributed by atoms with Gasteiger partial charge in [-0.25, -0.2) is 8.42 Å². The molecule has 1 saturated heterocycles. The number of thiophene rings is 1. The molecular weight excluding hydrogens is 462 g/mol. The van der Waals surface area contributed by atoms with Crippen LogP contribution in [-0.2, 0) is 10.0 Å². The summed E-state index contributed by atoms with van der Waals surface area (Å²) in [5, 5.41) is 0.297. The molecule has 1 aliphatic heterocycles. The number of benzene rings is 1. The predicted octanol–water partition coefficient (Wildman–Crippen LogP) is 5.25. The second-order valence-electron chi connectivity index (χ2n) is 5.83. The van der Waals surface area contributed by atoms with Gasteiger partial charge in [0, 0.05) is 19.2 Å². The van der Waals surface area contributed by atoms with Crippen LogP contribution in [0.3, 0.4) is 0 Å². The van der Waals surface area contributed by atoms with Gasteiger partial charge in [-0.05, 0) is 25.6 Å². The van der Waals surface area contributed by atoms with Gasteiger partial charge in [-0.1, -0.05) is 46.4 Å². The number of likely N-dealkylation sites (tertiary alicyclic amines) is 1. The Hall–Kier alpha value is -0.410. The third-order valence-corrected chi connectivity index (χ3v) is 8.13. The maximum Gasteiger partial charge on any atom is 0.265 e. The lowest BCUT2D eigenvalue weighted by molar-refractivity contribution is 0.208. The number of nitrogens with zero attached hydrogens (tertiary/aromatic N) is 1. The Morgan fingerprint density at radius 2 is 1.96 bits per heavy atom. The van der Waals surface area contributed by atoms with Crippen molar-refractivity contribution < 1.29 is 13.2 Å². The molecule has 26 heavy (non-hydrogen) atoms. The Labute approximate surface area is 175 Å². The van der Waals surface area contributed by atoms with Crippen LogP contribution in [0, 0.1) is 0 Å². The highest BCUT2D eigenvalue weighted by molar-refractivity contribution is 7.93. The van der Waals surface area contributed by atoms with E-state index >= 15 is 0 Å². The molecule has 11 heteroatoms. The van der Waals surface area contributed by atoms with Gasteiger partial charge in [0.15, 0.2) is 0 Å². The number of sulfonamides is 1. The molecule has 1 aromatic heterocycles. The Bertz CT molecular complexity index is 933. The highest BCUT2D eigenvalue weighted by Crippen LogP contribution is 2.43. The second kappa shape index (κ2) is 7.91. The van der Waals surface area contributed by atoms with E-state index in [2.05, 4.69) is 9.62 Å². The van der Waals surface area contributed by atoms with Gasteiger partial charge in [-0.15, -0.1) is 11.3 Å². The van der Waals surface area contributed by atoms with Crippen molar-refractivity contribution in [3.05, 3.63) is 36.9 Å². The number of nitrogens with one attached hydrogen (secondary N) is 1. The van der Waals surface area contributed by atoms with Crippen molar-refractivity contribution in [3.8, 4) is 5.75 Å². The first kappa shape index (κ1) is 20.3. The van der Waals surface area contributed by atoms with Crippen LogP contribution in [0.1, 0.15) is 6.42 Å². The Kier molecular flexibility index (Phi) is 6.19. The molecular formula is C15H14Cl4N2O3S2. The molecule has 1 fully saturated rings. The fraction of sp³-hybridized carbons (Fsp3) is 0.333. The molecule has 1 aliphatic rings. The fourth-order valence-corrected chi connectivity index (χ4v) is 6.67. The lowest BCUT2D eigenvalue weighted by Gasteiger charge is -2.16. The van der Waals surface area contributed by atoms with E-state index in [9.17, 15) is 8.42 Å². The second-order valence-corrected chi connectivity index (χ2v) is 10.5. The maximum absolute atomic E-state index is 12.6. The van der Waals surface area contributed by atoms with Crippen molar-refractivity contribution in [2.75, 3.05) is 24.9 Å². The van der Waals surface area contributed by atoms with Gasteiger partial charge in [-0.3, -0.25) is 4.72 Å². The number of halogens is 4. The van der Waals surface area contributed by atoms with Gasteiger partial charge in [0.05, 0.1) is 15.7 Å². The first-order valence-electron chi connectivity index (χ1n) is 7.48. The highest BCUT2D eigenvalue weighted by atomic mass is 35.5. The number of anilines is 1. The number of hydrogen-bond acceptors (Lipinski definition) is 5. The molecule has 2 aromatic rings. The minimum Gasteiger partial charge on any atom is -0.487 e. The Balaban J connectivity index is 1.84. The zero-order chi connectivity index (χ0) is 19.1. The van der Waals surface area contributed by atoms with E-state index in [1.165, 1.54) is 12.1 Å². The first-order valence-corrected chi connectivity index (χ1v) is 11.3. The average Bonchev–Trinajstić information content (AvgIpc) is 3.05. The number of hydrogen-bond donors (Lipinski definition) is 1. The van der Waals surface area contributed by atoms with Crippen molar-refractivity contribution in [2.45, 2.75) is 17.4 Å². The van der Waals surface area contributed by atoms with Crippen LogP contribution in [0.2, 0.25) is 18.7 Å². The molecule has 1 N–H and O–H groups in total. The number of likely N-dealkylation sites (N-methyl/N-ethyl adjacent to an activating group) is 1. The third kappa shape index (κ3) is 4.35. The van der Waals surface area contributed by atoms with E-state index in [-0.39, 0.29) is 30.4 Å². The molecule has 142 valence electrons. The number of rotatable bonds is 5. The molecule has 0 unspecified atom stereocenters. The third-order valence-electron chi connectivity index (χ3n) is 3.82. The quantitative estimate of drug-likeness (QED) is 0.641. The summed E-state index contributed by atoms with van der Waals surface area (Å²) in [6.45, 7) is 1.72. The van der Waals surface area contributed by atoms with Crippen molar-refractivity contribution in [1.29, 1.82) is 0 Å². The summed E-state index contributed by atoms with van der Waals surface area (Å²) in [6, 6.07) is 4.63. The summed E-state index contributed by atoms with van der Waals surface area (Å²) in [7, 11) is -2.01. The first-order chi connectivity index (χ1) is 12.2. The van der Waals surface area contributed by atoms with Crippen LogP contribution in [-0.4, -0.2) is 39.6 Å². The normalized spacial score (nSPS) is 18.3. The topological polar surface area (TPSA) is 58.6 Å². The Morgan fingerprint density at radius 1 is 1.23 bits per heavy atom. The van der Waals surface area contributed by atoms with Gasteiger partial charge in [0.25, 0.3) is 10.0 Å². The molecule has 0 bridgehead atoms. The van der Waals surface area contributed by atoms with Crippen molar-refractivity contribution >= 4 is 73.5 Å². The molecule has 0 spiro atoms. The molecule has 0 saturated carbocycles. The molecule has 0 radical (unpaired) electrons. The van der Waals surface area contributed by atoms with E-state index < -0.39 is 10.0 Å². The van der Waals surface area contributed by atoms with Gasteiger partial charge in [0.2, 0.25) is 0 Å². The van der Waals surface area contributed by atoms with E-state index in [0.29, 0.717) is 10.8 Å². The minimum absolute atomic E-state index is 0.00364. The summed E-state index contributed by atoms with van der Waals surface area (Å²) in [5.41, 5.74) is 0.283. The molecule has 2 heterocycles. The lowest BCUT2D eigenvalue weighted by Crippen LogP contribution is -2.21. The summed E-state index contributed by atoms with van der Waals surface area (Å²) in [6.07, 6.45) is 0.880. The summed E-state index contributed by atoms with van der Waals surface area (Å²) in [4.78, 5) is 1.90. The average molecular weight is 476 g/mol. The zero-order valence-electron chi connectivity index (χ0n) is 13.4. The molecule has 3 rings (SSSR count). The van der Waals surface area contributed by atoms with Crippen molar-refractivity contribution in [2.24, 2.45) is 0 Å². The number of ether oxygens (including phenoxy) is 1. The van der Waals surface area contributed by atoms with Crippen LogP contribution in [0.25, 0.3) is 0 Å². The molecule has 0 aliphatic carbocycles. The zero-order valence-corrected chi connectivity index (χ0v) is 18.1. The van der Waals surface area contributed by atoms with Gasteiger partial charge in [-0.2, -0.15) is 0 Å². The van der Waals surface area contributed by atoms with E-state index in [4.69, 9.17) is 51.1 Å². The van der Waals surface area contributed by atoms with E-state index in [0.717, 1.165) is 30.8 Å². The van der Waals surface area contributed by atoms with Crippen LogP contribution >= 0.6 is 57.7 Å². The predicted molar refractivity (Wildman–Crippen MR) is 108 cm³/mol. The van der Waals surface area contributed by atoms with Crippen LogP contribution in [0.4, 0.5) is 5.69 Å². The van der Waals surface area contributed by atoms with Gasteiger partial charge < -0.3 is 9.64 Å². The highest BCUT2D eigenvalue weighted by Gasteiger charge is 2.27. The van der Waals surface area contributed by atoms with Crippen LogP contribution < -0.4 is 9.46 Å². The molecule has 1 aromatic carbocycles. The largest absolute Gasteiger partial charge is 0.487 e. The molecule has 5 nitrogen and oxygen atoms in total. The molecule has 1 atom stereocenters. The summed E-state index contributed by atoms with van der Waals surface area (Å²) >= 11 is 24.9.